The zero-order valence-corrected chi connectivity index (χ0v) is 16.6. The summed E-state index contributed by atoms with van der Waals surface area (Å²) in [6.07, 6.45) is 15.6. The second-order valence-electron chi connectivity index (χ2n) is 11.4. The molecular formula is C24H32O4. The van der Waals surface area contributed by atoms with E-state index in [0.29, 0.717) is 29.1 Å². The average Bonchev–Trinajstić information content (AvgIpc) is 3.43. The second kappa shape index (κ2) is 5.85. The molecule has 0 aromatic heterocycles. The molecule has 8 aliphatic rings. The van der Waals surface area contributed by atoms with Gasteiger partial charge in [0.2, 0.25) is 0 Å². The Labute approximate surface area is 167 Å². The van der Waals surface area contributed by atoms with Gasteiger partial charge < -0.3 is 14.2 Å². The second-order valence-corrected chi connectivity index (χ2v) is 11.4. The molecule has 6 aliphatic carbocycles. The van der Waals surface area contributed by atoms with Gasteiger partial charge in [-0.05, 0) is 98.2 Å². The first kappa shape index (κ1) is 16.9. The molecule has 0 aromatic rings. The number of allylic oxidation sites excluding steroid dienone is 2. The predicted octanol–water partition coefficient (Wildman–Crippen LogP) is 3.95. The van der Waals surface area contributed by atoms with Gasteiger partial charge in [-0.15, -0.1) is 0 Å². The summed E-state index contributed by atoms with van der Waals surface area (Å²) >= 11 is 0. The molecule has 5 saturated carbocycles. The number of esters is 1. The molecule has 7 atom stereocenters. The lowest BCUT2D eigenvalue weighted by Gasteiger charge is -2.56. The molecule has 7 fully saturated rings. The van der Waals surface area contributed by atoms with Crippen LogP contribution in [-0.4, -0.2) is 31.6 Å². The lowest BCUT2D eigenvalue weighted by molar-refractivity contribution is -0.172. The Balaban J connectivity index is 0.937. The molecule has 28 heavy (non-hydrogen) atoms. The molecule has 4 heteroatoms. The van der Waals surface area contributed by atoms with Gasteiger partial charge >= 0.3 is 5.97 Å². The number of carbonyl (C=O) groups is 1. The third kappa shape index (κ3) is 2.34. The lowest BCUT2D eigenvalue weighted by Crippen LogP contribution is -2.48. The fourth-order valence-electron chi connectivity index (χ4n) is 9.39. The summed E-state index contributed by atoms with van der Waals surface area (Å²) in [5, 5.41) is 0. The molecule has 0 spiro atoms. The van der Waals surface area contributed by atoms with E-state index in [-0.39, 0.29) is 30.9 Å². The van der Waals surface area contributed by atoms with Crippen molar-refractivity contribution in [1.82, 2.24) is 0 Å². The maximum Gasteiger partial charge on any atom is 0.313 e. The normalized spacial score (nSPS) is 56.6. The van der Waals surface area contributed by atoms with Gasteiger partial charge in [0.15, 0.2) is 6.79 Å². The van der Waals surface area contributed by atoms with Crippen LogP contribution in [0.2, 0.25) is 0 Å². The summed E-state index contributed by atoms with van der Waals surface area (Å²) in [5.74, 6) is 5.21. The molecule has 152 valence electrons. The minimum Gasteiger partial charge on any atom is -0.438 e. The smallest absolute Gasteiger partial charge is 0.313 e. The Bertz CT molecular complexity index is 678. The van der Waals surface area contributed by atoms with Crippen molar-refractivity contribution in [1.29, 1.82) is 0 Å². The quantitative estimate of drug-likeness (QED) is 0.312. The van der Waals surface area contributed by atoms with Crippen molar-refractivity contribution < 1.29 is 19.0 Å². The van der Waals surface area contributed by atoms with Gasteiger partial charge in [-0.2, -0.15) is 0 Å². The maximum atomic E-state index is 12.8. The van der Waals surface area contributed by atoms with Crippen LogP contribution in [0.25, 0.3) is 0 Å². The van der Waals surface area contributed by atoms with Crippen LogP contribution in [0.15, 0.2) is 12.2 Å². The molecule has 2 heterocycles. The van der Waals surface area contributed by atoms with Gasteiger partial charge in [0.25, 0.3) is 0 Å². The van der Waals surface area contributed by atoms with Crippen LogP contribution >= 0.6 is 0 Å². The first-order valence-electron chi connectivity index (χ1n) is 11.8. The fraction of sp³-hybridized carbons (Fsp3) is 0.875. The number of hydrogen-bond donors (Lipinski definition) is 0. The van der Waals surface area contributed by atoms with E-state index < -0.39 is 0 Å². The number of hydrogen-bond acceptors (Lipinski definition) is 4. The lowest BCUT2D eigenvalue weighted by atomic mass is 9.50. The third-order valence-electron chi connectivity index (χ3n) is 9.77. The highest BCUT2D eigenvalue weighted by Crippen LogP contribution is 2.62. The Kier molecular flexibility index (Phi) is 3.52. The molecular weight excluding hydrogens is 352 g/mol. The van der Waals surface area contributed by atoms with Gasteiger partial charge in [0.1, 0.15) is 0 Å². The van der Waals surface area contributed by atoms with Crippen molar-refractivity contribution in [2.75, 3.05) is 13.4 Å². The molecule has 0 radical (unpaired) electrons. The summed E-state index contributed by atoms with van der Waals surface area (Å²) in [6, 6.07) is 0. The SMILES string of the molecule is O=C(OCOCC12CC3CC(CC(C3)C1)C2)C1CC2OC1C1C3C=CC(C3)C21. The number of rotatable bonds is 5. The van der Waals surface area contributed by atoms with E-state index in [4.69, 9.17) is 14.2 Å². The minimum absolute atomic E-state index is 0.0675. The van der Waals surface area contributed by atoms with E-state index in [9.17, 15) is 4.79 Å². The van der Waals surface area contributed by atoms with Crippen LogP contribution in [-0.2, 0) is 19.0 Å². The van der Waals surface area contributed by atoms with E-state index in [2.05, 4.69) is 12.2 Å². The summed E-state index contributed by atoms with van der Waals surface area (Å²) in [4.78, 5) is 12.8. The van der Waals surface area contributed by atoms with Crippen molar-refractivity contribution >= 4 is 5.97 Å². The third-order valence-corrected chi connectivity index (χ3v) is 9.77. The summed E-state index contributed by atoms with van der Waals surface area (Å²) < 4.78 is 17.8. The molecule has 4 nitrogen and oxygen atoms in total. The highest BCUT2D eigenvalue weighted by molar-refractivity contribution is 5.74. The van der Waals surface area contributed by atoms with Gasteiger partial charge in [0, 0.05) is 0 Å². The highest BCUT2D eigenvalue weighted by Gasteiger charge is 2.64. The molecule has 0 aromatic carbocycles. The minimum atomic E-state index is -0.0804. The molecule has 0 amide bonds. The molecule has 0 N–H and O–H groups in total. The van der Waals surface area contributed by atoms with Crippen molar-refractivity contribution in [2.45, 2.75) is 63.6 Å². The van der Waals surface area contributed by atoms with Crippen molar-refractivity contribution in [3.63, 3.8) is 0 Å². The van der Waals surface area contributed by atoms with E-state index in [1.165, 1.54) is 44.9 Å². The van der Waals surface area contributed by atoms with Gasteiger partial charge in [-0.3, -0.25) is 4.79 Å². The van der Waals surface area contributed by atoms with Crippen molar-refractivity contribution in [2.24, 2.45) is 52.8 Å². The fourth-order valence-corrected chi connectivity index (χ4v) is 9.39. The van der Waals surface area contributed by atoms with Gasteiger partial charge in [0.05, 0.1) is 24.7 Å². The molecule has 8 bridgehead atoms. The Morgan fingerprint density at radius 3 is 2.32 bits per heavy atom. The monoisotopic (exact) mass is 384 g/mol. The Hall–Kier alpha value is -0.870. The topological polar surface area (TPSA) is 44.8 Å². The van der Waals surface area contributed by atoms with Crippen molar-refractivity contribution in [3.8, 4) is 0 Å². The predicted molar refractivity (Wildman–Crippen MR) is 102 cm³/mol. The van der Waals surface area contributed by atoms with Crippen LogP contribution in [0.5, 0.6) is 0 Å². The van der Waals surface area contributed by atoms with E-state index in [0.717, 1.165) is 30.8 Å². The first-order chi connectivity index (χ1) is 13.7. The largest absolute Gasteiger partial charge is 0.438 e. The van der Waals surface area contributed by atoms with Crippen LogP contribution in [0, 0.1) is 52.8 Å². The maximum absolute atomic E-state index is 12.8. The Morgan fingerprint density at radius 1 is 0.929 bits per heavy atom. The van der Waals surface area contributed by atoms with Crippen molar-refractivity contribution in [3.05, 3.63) is 12.2 Å². The highest BCUT2D eigenvalue weighted by atomic mass is 16.7. The van der Waals surface area contributed by atoms with Crippen LogP contribution in [0.4, 0.5) is 0 Å². The van der Waals surface area contributed by atoms with Crippen LogP contribution < -0.4 is 0 Å². The standard InChI is InChI=1S/C24H32O4/c25-23(18-7-19-20-16-1-2-17(6-16)21(20)22(18)28-19)27-12-26-11-24-8-13-3-14(9-24)5-15(4-13)10-24/h1-2,13-22H,3-12H2. The number of ether oxygens (including phenoxy) is 3. The average molecular weight is 385 g/mol. The number of fused-ring (bicyclic) bond motifs is 9. The zero-order chi connectivity index (χ0) is 18.5. The summed E-state index contributed by atoms with van der Waals surface area (Å²) in [5.41, 5.74) is 0.388. The molecule has 2 saturated heterocycles. The molecule has 7 unspecified atom stereocenters. The molecule has 8 rings (SSSR count). The van der Waals surface area contributed by atoms with E-state index in [1.54, 1.807) is 0 Å². The number of carbonyl (C=O) groups excluding carboxylic acids is 1. The van der Waals surface area contributed by atoms with Gasteiger partial charge in [-0.1, -0.05) is 12.2 Å². The zero-order valence-electron chi connectivity index (χ0n) is 16.6. The van der Waals surface area contributed by atoms with E-state index in [1.807, 2.05) is 0 Å². The van der Waals surface area contributed by atoms with E-state index >= 15 is 0 Å². The summed E-state index contributed by atoms with van der Waals surface area (Å²) in [6.45, 7) is 0.921. The first-order valence-corrected chi connectivity index (χ1v) is 11.8. The van der Waals surface area contributed by atoms with Crippen LogP contribution in [0.3, 0.4) is 0 Å². The van der Waals surface area contributed by atoms with Gasteiger partial charge in [-0.25, -0.2) is 0 Å². The van der Waals surface area contributed by atoms with Crippen LogP contribution in [0.1, 0.15) is 51.4 Å². The molecule has 2 aliphatic heterocycles. The Morgan fingerprint density at radius 2 is 1.61 bits per heavy atom. The summed E-state index contributed by atoms with van der Waals surface area (Å²) in [7, 11) is 0.